The third-order valence-corrected chi connectivity index (χ3v) is 1.54. The third kappa shape index (κ3) is 2.49. The molecule has 0 aliphatic rings. The minimum atomic E-state index is 1.06. The van der Waals surface area contributed by atoms with Gasteiger partial charge in [-0.1, -0.05) is 0 Å². The number of nitrogens with zero attached hydrogens (tertiary/aromatic N) is 2. The fourth-order valence-corrected chi connectivity index (χ4v) is 0.823. The van der Waals surface area contributed by atoms with Crippen molar-refractivity contribution in [3.8, 4) is 0 Å². The van der Waals surface area contributed by atoms with Crippen molar-refractivity contribution in [1.29, 1.82) is 0 Å². The van der Waals surface area contributed by atoms with Crippen molar-refractivity contribution in [2.24, 2.45) is 4.99 Å². The zero-order chi connectivity index (χ0) is 7.28. The lowest BCUT2D eigenvalue weighted by Crippen LogP contribution is -2.27. The molecule has 0 spiro atoms. The highest BCUT2D eigenvalue weighted by molar-refractivity contribution is 5.79. The van der Waals surface area contributed by atoms with E-state index in [1.807, 2.05) is 14.0 Å². The Kier molecular flexibility index (Phi) is 4.10. The molecule has 0 amide bonds. The summed E-state index contributed by atoms with van der Waals surface area (Å²) in [6.45, 7) is 8.42. The quantitative estimate of drug-likeness (QED) is 0.405. The second-order valence-corrected chi connectivity index (χ2v) is 1.94. The Bertz CT molecular complexity index is 93.1. The first-order chi connectivity index (χ1) is 4.26. The lowest BCUT2D eigenvalue weighted by atomic mass is 10.5. The third-order valence-electron chi connectivity index (χ3n) is 1.54. The van der Waals surface area contributed by atoms with Gasteiger partial charge in [0.25, 0.3) is 0 Å². The molecule has 2 nitrogen and oxygen atoms in total. The summed E-state index contributed by atoms with van der Waals surface area (Å²) < 4.78 is 0. The van der Waals surface area contributed by atoms with Gasteiger partial charge in [-0.15, -0.1) is 0 Å². The van der Waals surface area contributed by atoms with Crippen LogP contribution in [-0.2, 0) is 0 Å². The van der Waals surface area contributed by atoms with E-state index in [4.69, 9.17) is 0 Å². The number of aliphatic imine (C=N–C) groups is 1. The normalized spacial score (nSPS) is 11.8. The van der Waals surface area contributed by atoms with Gasteiger partial charge in [-0.05, 0) is 20.8 Å². The molecule has 0 fully saturated rings. The Morgan fingerprint density at radius 3 is 1.89 bits per heavy atom. The Hall–Kier alpha value is -0.530. The van der Waals surface area contributed by atoms with Gasteiger partial charge in [0.1, 0.15) is 0 Å². The fourth-order valence-electron chi connectivity index (χ4n) is 0.823. The summed E-state index contributed by atoms with van der Waals surface area (Å²) >= 11 is 0. The molecular formula is C7H16N2. The van der Waals surface area contributed by atoms with E-state index in [1.165, 1.54) is 0 Å². The summed E-state index contributed by atoms with van der Waals surface area (Å²) in [5, 5.41) is 0. The van der Waals surface area contributed by atoms with Crippen molar-refractivity contribution >= 4 is 5.84 Å². The Morgan fingerprint density at radius 2 is 1.78 bits per heavy atom. The van der Waals surface area contributed by atoms with Gasteiger partial charge < -0.3 is 4.90 Å². The van der Waals surface area contributed by atoms with Gasteiger partial charge in [0.15, 0.2) is 0 Å². The van der Waals surface area contributed by atoms with Crippen molar-refractivity contribution in [2.75, 3.05) is 20.1 Å². The summed E-state index contributed by atoms with van der Waals surface area (Å²) in [6, 6.07) is 0. The van der Waals surface area contributed by atoms with Crippen LogP contribution in [0, 0.1) is 0 Å². The van der Waals surface area contributed by atoms with Gasteiger partial charge in [-0.25, -0.2) is 0 Å². The highest BCUT2D eigenvalue weighted by Crippen LogP contribution is 1.88. The Balaban J connectivity index is 3.79. The molecule has 0 aromatic rings. The molecule has 0 saturated carbocycles. The van der Waals surface area contributed by atoms with Crippen LogP contribution in [0.5, 0.6) is 0 Å². The zero-order valence-corrected chi connectivity index (χ0v) is 6.81. The molecule has 0 unspecified atom stereocenters. The van der Waals surface area contributed by atoms with Crippen LogP contribution in [0.25, 0.3) is 0 Å². The molecule has 0 atom stereocenters. The molecule has 0 saturated heterocycles. The van der Waals surface area contributed by atoms with Gasteiger partial charge >= 0.3 is 0 Å². The zero-order valence-electron chi connectivity index (χ0n) is 6.81. The standard InChI is InChI=1S/C7H16N2/c1-5-9(6-2)7(3)8-4/h5-6H2,1-4H3. The van der Waals surface area contributed by atoms with E-state index in [0.29, 0.717) is 0 Å². The summed E-state index contributed by atoms with van der Waals surface area (Å²) in [7, 11) is 1.83. The number of hydrogen-bond acceptors (Lipinski definition) is 1. The smallest absolute Gasteiger partial charge is 0.0953 e. The summed E-state index contributed by atoms with van der Waals surface area (Å²) in [4.78, 5) is 6.30. The van der Waals surface area contributed by atoms with Crippen LogP contribution >= 0.6 is 0 Å². The summed E-state index contributed by atoms with van der Waals surface area (Å²) in [5.41, 5.74) is 0. The predicted octanol–water partition coefficient (Wildman–Crippen LogP) is 1.38. The first-order valence-electron chi connectivity index (χ1n) is 3.44. The van der Waals surface area contributed by atoms with Gasteiger partial charge in [-0.3, -0.25) is 4.99 Å². The molecule has 0 rings (SSSR count). The minimum Gasteiger partial charge on any atom is -0.361 e. The van der Waals surface area contributed by atoms with Crippen LogP contribution in [0.2, 0.25) is 0 Å². The average Bonchev–Trinajstić information content (AvgIpc) is 1.90. The van der Waals surface area contributed by atoms with Crippen LogP contribution < -0.4 is 0 Å². The molecule has 0 aliphatic carbocycles. The molecule has 0 N–H and O–H groups in total. The molecule has 9 heavy (non-hydrogen) atoms. The van der Waals surface area contributed by atoms with E-state index in [2.05, 4.69) is 23.7 Å². The topological polar surface area (TPSA) is 15.6 Å². The molecule has 0 bridgehead atoms. The molecule has 0 aromatic carbocycles. The molecule has 2 heteroatoms. The van der Waals surface area contributed by atoms with E-state index < -0.39 is 0 Å². The molecule has 0 aliphatic heterocycles. The first kappa shape index (κ1) is 8.47. The number of rotatable bonds is 2. The lowest BCUT2D eigenvalue weighted by Gasteiger charge is -2.19. The lowest BCUT2D eigenvalue weighted by molar-refractivity contribution is 0.462. The van der Waals surface area contributed by atoms with Crippen molar-refractivity contribution in [3.05, 3.63) is 0 Å². The number of amidine groups is 1. The van der Waals surface area contributed by atoms with Crippen molar-refractivity contribution < 1.29 is 0 Å². The molecule has 0 aromatic heterocycles. The number of hydrogen-bond donors (Lipinski definition) is 0. The maximum Gasteiger partial charge on any atom is 0.0953 e. The summed E-state index contributed by atoms with van der Waals surface area (Å²) in [5.74, 6) is 1.13. The molecule has 0 heterocycles. The maximum absolute atomic E-state index is 4.07. The highest BCUT2D eigenvalue weighted by Gasteiger charge is 1.96. The van der Waals surface area contributed by atoms with Crippen LogP contribution in [0.1, 0.15) is 20.8 Å². The molecular weight excluding hydrogens is 112 g/mol. The fraction of sp³-hybridized carbons (Fsp3) is 0.857. The van der Waals surface area contributed by atoms with Crippen LogP contribution in [0.4, 0.5) is 0 Å². The minimum absolute atomic E-state index is 1.06. The van der Waals surface area contributed by atoms with Crippen LogP contribution in [0.3, 0.4) is 0 Å². The van der Waals surface area contributed by atoms with Gasteiger partial charge in [0, 0.05) is 20.1 Å². The first-order valence-corrected chi connectivity index (χ1v) is 3.44. The van der Waals surface area contributed by atoms with Gasteiger partial charge in [0.2, 0.25) is 0 Å². The van der Waals surface area contributed by atoms with E-state index in [0.717, 1.165) is 18.9 Å². The highest BCUT2D eigenvalue weighted by atomic mass is 15.2. The van der Waals surface area contributed by atoms with E-state index in [-0.39, 0.29) is 0 Å². The van der Waals surface area contributed by atoms with Crippen molar-refractivity contribution in [1.82, 2.24) is 4.90 Å². The predicted molar refractivity (Wildman–Crippen MR) is 42.0 cm³/mol. The second-order valence-electron chi connectivity index (χ2n) is 1.94. The Morgan fingerprint density at radius 1 is 1.33 bits per heavy atom. The average molecular weight is 128 g/mol. The maximum atomic E-state index is 4.07. The Labute approximate surface area is 57.6 Å². The van der Waals surface area contributed by atoms with Gasteiger partial charge in [-0.2, -0.15) is 0 Å². The van der Waals surface area contributed by atoms with Crippen molar-refractivity contribution in [2.45, 2.75) is 20.8 Å². The largest absolute Gasteiger partial charge is 0.361 e. The van der Waals surface area contributed by atoms with E-state index in [1.54, 1.807) is 0 Å². The van der Waals surface area contributed by atoms with Crippen LogP contribution in [0.15, 0.2) is 4.99 Å². The summed E-state index contributed by atoms with van der Waals surface area (Å²) in [6.07, 6.45) is 0. The SMILES string of the molecule is CCN(CC)C(C)=NC. The van der Waals surface area contributed by atoms with E-state index in [9.17, 15) is 0 Å². The molecule has 0 radical (unpaired) electrons. The van der Waals surface area contributed by atoms with E-state index >= 15 is 0 Å². The van der Waals surface area contributed by atoms with Crippen molar-refractivity contribution in [3.63, 3.8) is 0 Å². The van der Waals surface area contributed by atoms with Crippen LogP contribution in [-0.4, -0.2) is 30.9 Å². The second kappa shape index (κ2) is 4.36. The monoisotopic (exact) mass is 128 g/mol. The van der Waals surface area contributed by atoms with Gasteiger partial charge in [0.05, 0.1) is 5.84 Å². The molecule has 54 valence electrons.